The van der Waals surface area contributed by atoms with Gasteiger partial charge in [0.15, 0.2) is 0 Å². The molecule has 0 aliphatic heterocycles. The zero-order valence-electron chi connectivity index (χ0n) is 23.5. The minimum Gasteiger partial charge on any atom is -0.497 e. The van der Waals surface area contributed by atoms with Gasteiger partial charge in [0.2, 0.25) is 10.0 Å². The molecule has 6 nitrogen and oxygen atoms in total. The second kappa shape index (κ2) is 16.2. The molecule has 38 heavy (non-hydrogen) atoms. The number of nitrogens with two attached hydrogens (primary N) is 1. The molecular formula is C31H44N2O4S. The average molecular weight is 541 g/mol. The molecule has 2 N–H and O–H groups in total. The minimum absolute atomic E-state index is 0.158. The molecule has 0 fully saturated rings. The Hall–Kier alpha value is -2.87. The fraction of sp³-hybridized carbons (Fsp3) is 0.419. The van der Waals surface area contributed by atoms with Crippen molar-refractivity contribution >= 4 is 10.0 Å². The van der Waals surface area contributed by atoms with Crippen LogP contribution in [0, 0.1) is 5.92 Å². The first kappa shape index (κ1) is 31.3. The highest BCUT2D eigenvalue weighted by Gasteiger charge is 2.27. The molecule has 3 rings (SSSR count). The van der Waals surface area contributed by atoms with Crippen LogP contribution < -0.4 is 10.5 Å². The third-order valence-corrected chi connectivity index (χ3v) is 7.91. The van der Waals surface area contributed by atoms with Crippen molar-refractivity contribution in [2.24, 2.45) is 11.7 Å². The first-order valence-corrected chi connectivity index (χ1v) is 14.8. The van der Waals surface area contributed by atoms with Gasteiger partial charge in [-0.25, -0.2) is 8.42 Å². The zero-order valence-corrected chi connectivity index (χ0v) is 24.3. The van der Waals surface area contributed by atoms with Crippen LogP contribution in [0.4, 0.5) is 0 Å². The molecular weight excluding hydrogens is 496 g/mol. The SMILES string of the molecule is CC.COC1=CC=C(S(=O)(=O)N(CC[C@@H](N)Cc2ccc(OCc3ccccc3)cc2)CC(C)C)CC=C1. The van der Waals surface area contributed by atoms with Crippen molar-refractivity contribution in [3.05, 3.63) is 101 Å². The molecule has 208 valence electrons. The largest absolute Gasteiger partial charge is 0.497 e. The molecule has 2 aromatic carbocycles. The molecule has 7 heteroatoms. The summed E-state index contributed by atoms with van der Waals surface area (Å²) in [7, 11) is -2.04. The van der Waals surface area contributed by atoms with Gasteiger partial charge in [0.1, 0.15) is 18.1 Å². The molecule has 0 bridgehead atoms. The Balaban J connectivity index is 0.00000247. The molecule has 0 amide bonds. The van der Waals surface area contributed by atoms with E-state index in [1.54, 1.807) is 29.6 Å². The van der Waals surface area contributed by atoms with Gasteiger partial charge in [0.05, 0.1) is 12.0 Å². The Bertz CT molecular complexity index is 1150. The first-order chi connectivity index (χ1) is 18.3. The van der Waals surface area contributed by atoms with Crippen LogP contribution >= 0.6 is 0 Å². The van der Waals surface area contributed by atoms with Crippen LogP contribution in [-0.4, -0.2) is 39.0 Å². The van der Waals surface area contributed by atoms with E-state index < -0.39 is 10.0 Å². The number of ether oxygens (including phenoxy) is 2. The summed E-state index contributed by atoms with van der Waals surface area (Å²) in [5.41, 5.74) is 8.66. The van der Waals surface area contributed by atoms with Gasteiger partial charge < -0.3 is 15.2 Å². The monoisotopic (exact) mass is 540 g/mol. The second-order valence-electron chi connectivity index (χ2n) is 9.44. The van der Waals surface area contributed by atoms with E-state index in [1.165, 1.54) is 0 Å². The Kier molecular flexibility index (Phi) is 13.3. The summed E-state index contributed by atoms with van der Waals surface area (Å²) in [5.74, 6) is 1.64. The van der Waals surface area contributed by atoms with Crippen LogP contribution in [0.5, 0.6) is 5.75 Å². The van der Waals surface area contributed by atoms with Crippen LogP contribution in [-0.2, 0) is 27.8 Å². The Morgan fingerprint density at radius 3 is 2.29 bits per heavy atom. The van der Waals surface area contributed by atoms with Gasteiger partial charge in [-0.3, -0.25) is 0 Å². The fourth-order valence-electron chi connectivity index (χ4n) is 3.98. The quantitative estimate of drug-likeness (QED) is 0.326. The molecule has 0 spiro atoms. The van der Waals surface area contributed by atoms with Crippen molar-refractivity contribution < 1.29 is 17.9 Å². The normalized spacial score (nSPS) is 14.2. The lowest BCUT2D eigenvalue weighted by Gasteiger charge is -2.26. The van der Waals surface area contributed by atoms with Crippen molar-refractivity contribution in [1.29, 1.82) is 0 Å². The van der Waals surface area contributed by atoms with Crippen molar-refractivity contribution in [3.63, 3.8) is 0 Å². The van der Waals surface area contributed by atoms with Crippen LogP contribution in [0.25, 0.3) is 0 Å². The molecule has 0 aromatic heterocycles. The van der Waals surface area contributed by atoms with Crippen molar-refractivity contribution in [3.8, 4) is 5.75 Å². The van der Waals surface area contributed by atoms with Crippen LogP contribution in [0.3, 0.4) is 0 Å². The summed E-state index contributed by atoms with van der Waals surface area (Å²) in [5, 5.41) is 0. The number of hydrogen-bond acceptors (Lipinski definition) is 5. The Morgan fingerprint density at radius 1 is 0.974 bits per heavy atom. The summed E-state index contributed by atoms with van der Waals surface area (Å²) in [6.07, 6.45) is 8.52. The lowest BCUT2D eigenvalue weighted by molar-refractivity contribution is 0.306. The number of hydrogen-bond donors (Lipinski definition) is 1. The maximum absolute atomic E-state index is 13.4. The van der Waals surface area contributed by atoms with Crippen molar-refractivity contribution in [2.45, 2.75) is 59.6 Å². The maximum Gasteiger partial charge on any atom is 0.239 e. The zero-order chi connectivity index (χ0) is 28.0. The van der Waals surface area contributed by atoms with Gasteiger partial charge in [0, 0.05) is 25.6 Å². The highest BCUT2D eigenvalue weighted by Crippen LogP contribution is 2.23. The Morgan fingerprint density at radius 2 is 1.66 bits per heavy atom. The van der Waals surface area contributed by atoms with Gasteiger partial charge in [-0.15, -0.1) is 0 Å². The molecule has 1 atom stereocenters. The van der Waals surface area contributed by atoms with Gasteiger partial charge >= 0.3 is 0 Å². The molecule has 1 aliphatic rings. The number of methoxy groups -OCH3 is 1. The van der Waals surface area contributed by atoms with Crippen molar-refractivity contribution in [2.75, 3.05) is 20.2 Å². The van der Waals surface area contributed by atoms with E-state index in [-0.39, 0.29) is 12.0 Å². The van der Waals surface area contributed by atoms with Crippen LogP contribution in [0.1, 0.15) is 51.7 Å². The summed E-state index contributed by atoms with van der Waals surface area (Å²) < 4.78 is 39.5. The summed E-state index contributed by atoms with van der Waals surface area (Å²) >= 11 is 0. The number of benzene rings is 2. The van der Waals surface area contributed by atoms with E-state index in [0.29, 0.717) is 49.6 Å². The highest BCUT2D eigenvalue weighted by molar-refractivity contribution is 7.93. The van der Waals surface area contributed by atoms with Crippen molar-refractivity contribution in [1.82, 2.24) is 4.31 Å². The topological polar surface area (TPSA) is 81.9 Å². The molecule has 0 unspecified atom stereocenters. The van der Waals surface area contributed by atoms with E-state index in [9.17, 15) is 8.42 Å². The number of nitrogens with zero attached hydrogens (tertiary/aromatic N) is 1. The third-order valence-electron chi connectivity index (χ3n) is 5.93. The number of rotatable bonds is 13. The standard InChI is InChI=1S/C29H38N2O4S.C2H6/c1-23(2)21-31(36(32,33)29-11-7-10-27(34-3)16-17-29)19-18-26(30)20-24-12-14-28(15-13-24)35-22-25-8-5-4-6-9-25;1-2/h4-10,12-17,23,26H,11,18-22,30H2,1-3H3;1-2H3/t26-;/m1./s1. The Labute approximate surface area is 229 Å². The third kappa shape index (κ3) is 10.1. The molecule has 0 heterocycles. The van der Waals surface area contributed by atoms with Gasteiger partial charge in [0.25, 0.3) is 0 Å². The lowest BCUT2D eigenvalue weighted by atomic mass is 10.0. The second-order valence-corrected chi connectivity index (χ2v) is 11.4. The van der Waals surface area contributed by atoms with E-state index >= 15 is 0 Å². The van der Waals surface area contributed by atoms with Gasteiger partial charge in [-0.2, -0.15) is 4.31 Å². The summed E-state index contributed by atoms with van der Waals surface area (Å²) in [6, 6.07) is 17.8. The van der Waals surface area contributed by atoms with E-state index in [4.69, 9.17) is 15.2 Å². The predicted molar refractivity (Wildman–Crippen MR) is 157 cm³/mol. The van der Waals surface area contributed by atoms with E-state index in [1.807, 2.05) is 88.4 Å². The summed E-state index contributed by atoms with van der Waals surface area (Å²) in [6.45, 7) is 9.39. The number of allylic oxidation sites excluding steroid dienone is 5. The fourth-order valence-corrected chi connectivity index (χ4v) is 5.70. The smallest absolute Gasteiger partial charge is 0.239 e. The van der Waals surface area contributed by atoms with Crippen LogP contribution in [0.2, 0.25) is 0 Å². The number of sulfonamides is 1. The maximum atomic E-state index is 13.4. The molecule has 0 saturated carbocycles. The first-order valence-electron chi connectivity index (χ1n) is 13.4. The predicted octanol–water partition coefficient (Wildman–Crippen LogP) is 6.21. The molecule has 0 radical (unpaired) electrons. The molecule has 0 saturated heterocycles. The lowest BCUT2D eigenvalue weighted by Crippen LogP contribution is -2.38. The highest BCUT2D eigenvalue weighted by atomic mass is 32.2. The van der Waals surface area contributed by atoms with E-state index in [2.05, 4.69) is 0 Å². The molecule has 2 aromatic rings. The minimum atomic E-state index is -3.61. The van der Waals surface area contributed by atoms with Gasteiger partial charge in [-0.1, -0.05) is 76.2 Å². The average Bonchev–Trinajstić information content (AvgIpc) is 3.18. The molecule has 1 aliphatic carbocycles. The van der Waals surface area contributed by atoms with Crippen LogP contribution in [0.15, 0.2) is 89.6 Å². The van der Waals surface area contributed by atoms with E-state index in [0.717, 1.165) is 16.9 Å². The summed E-state index contributed by atoms with van der Waals surface area (Å²) in [4.78, 5) is 0.367. The van der Waals surface area contributed by atoms with Gasteiger partial charge in [-0.05, 0) is 60.2 Å².